The second-order valence-corrected chi connectivity index (χ2v) is 8.45. The van der Waals surface area contributed by atoms with Crippen molar-refractivity contribution in [3.8, 4) is 6.07 Å². The fourth-order valence-corrected chi connectivity index (χ4v) is 4.51. The Labute approximate surface area is 212 Å². The molecule has 0 N–H and O–H groups in total. The Kier molecular flexibility index (Phi) is 5.78. The number of hydrogen-bond acceptors (Lipinski definition) is 8. The molecule has 2 aliphatic heterocycles. The maximum Gasteiger partial charge on any atom is 0.338 e. The first-order valence-electron chi connectivity index (χ1n) is 11.3. The van der Waals surface area contributed by atoms with Gasteiger partial charge in [0.2, 0.25) is 5.78 Å². The zero-order chi connectivity index (χ0) is 26.3. The molecule has 0 atom stereocenters. The van der Waals surface area contributed by atoms with E-state index in [0.29, 0.717) is 22.6 Å². The minimum absolute atomic E-state index is 0.127. The van der Waals surface area contributed by atoms with Gasteiger partial charge in [-0.1, -0.05) is 24.3 Å². The summed E-state index contributed by atoms with van der Waals surface area (Å²) in [7, 11) is 3.51. The summed E-state index contributed by atoms with van der Waals surface area (Å²) in [5, 5.41) is 9.71. The highest BCUT2D eigenvalue weighted by Gasteiger charge is 2.36. The predicted molar refractivity (Wildman–Crippen MR) is 135 cm³/mol. The number of hydrogen-bond donors (Lipinski definition) is 0. The highest BCUT2D eigenvalue weighted by molar-refractivity contribution is 6.34. The summed E-state index contributed by atoms with van der Waals surface area (Å²) in [6.45, 7) is -0.622. The number of esters is 1. The smallest absolute Gasteiger partial charge is 0.338 e. The van der Waals surface area contributed by atoms with Crippen LogP contribution in [0.4, 0.5) is 17.1 Å². The molecule has 182 valence electrons. The van der Waals surface area contributed by atoms with Crippen molar-refractivity contribution < 1.29 is 23.9 Å². The molecule has 0 saturated heterocycles. The summed E-state index contributed by atoms with van der Waals surface area (Å²) < 4.78 is 5.18. The molecule has 2 aliphatic rings. The van der Waals surface area contributed by atoms with Crippen LogP contribution < -0.4 is 14.7 Å². The standard InChI is InChI=1S/C28H20N4O5/c1-30-22-9-5-6-10-23(22)31(2)25(30)21(15-29)24(33)16-37-28(36)17-11-13-18(14-12-17)32-26(34)19-7-3-4-8-20(19)27(32)35/h3-14H,16H2,1-2H3. The molecule has 3 aromatic carbocycles. The molecule has 5 rings (SSSR count). The van der Waals surface area contributed by atoms with Crippen molar-refractivity contribution in [1.29, 1.82) is 5.26 Å². The van der Waals surface area contributed by atoms with E-state index in [1.54, 1.807) is 48.2 Å². The molecule has 0 aliphatic carbocycles. The number of rotatable bonds is 5. The second-order valence-electron chi connectivity index (χ2n) is 8.45. The van der Waals surface area contributed by atoms with Gasteiger partial charge in [-0.25, -0.2) is 9.69 Å². The van der Waals surface area contributed by atoms with Crippen molar-refractivity contribution in [3.63, 3.8) is 0 Å². The molecule has 0 aromatic heterocycles. The zero-order valence-corrected chi connectivity index (χ0v) is 20.0. The van der Waals surface area contributed by atoms with E-state index in [9.17, 15) is 24.4 Å². The van der Waals surface area contributed by atoms with E-state index in [1.807, 2.05) is 30.3 Å². The van der Waals surface area contributed by atoms with Crippen LogP contribution in [0.1, 0.15) is 31.1 Å². The van der Waals surface area contributed by atoms with Crippen LogP contribution in [-0.4, -0.2) is 44.3 Å². The molecule has 9 nitrogen and oxygen atoms in total. The number of fused-ring (bicyclic) bond motifs is 2. The zero-order valence-electron chi connectivity index (χ0n) is 20.0. The lowest BCUT2D eigenvalue weighted by molar-refractivity contribution is -0.118. The van der Waals surface area contributed by atoms with Crippen molar-refractivity contribution in [1.82, 2.24) is 0 Å². The summed E-state index contributed by atoms with van der Waals surface area (Å²) in [4.78, 5) is 55.3. The average molecular weight is 492 g/mol. The molecule has 0 unspecified atom stereocenters. The first-order chi connectivity index (χ1) is 17.8. The van der Waals surface area contributed by atoms with E-state index in [1.165, 1.54) is 24.3 Å². The summed E-state index contributed by atoms with van der Waals surface area (Å²) in [5.41, 5.74) is 2.63. The van der Waals surface area contributed by atoms with Gasteiger partial charge >= 0.3 is 5.97 Å². The number of nitrogens with zero attached hydrogens (tertiary/aromatic N) is 4. The van der Waals surface area contributed by atoms with Crippen LogP contribution in [0.15, 0.2) is 84.2 Å². The Balaban J connectivity index is 1.28. The number of para-hydroxylation sites is 2. The Morgan fingerprint density at radius 1 is 0.811 bits per heavy atom. The van der Waals surface area contributed by atoms with Gasteiger partial charge in [0.25, 0.3) is 11.8 Å². The monoisotopic (exact) mass is 492 g/mol. The number of imide groups is 1. The quantitative estimate of drug-likeness (QED) is 0.230. The number of ether oxygens (including phenoxy) is 1. The molecule has 0 saturated carbocycles. The molecule has 0 spiro atoms. The fraction of sp³-hybridized carbons (Fsp3) is 0.107. The van der Waals surface area contributed by atoms with Crippen LogP contribution in [0, 0.1) is 11.3 Å². The van der Waals surface area contributed by atoms with E-state index < -0.39 is 30.2 Å². The molecule has 0 bridgehead atoms. The summed E-state index contributed by atoms with van der Waals surface area (Å²) in [5.74, 6) is -1.90. The number of nitriles is 1. The van der Waals surface area contributed by atoms with Crippen molar-refractivity contribution in [2.75, 3.05) is 35.4 Å². The molecule has 37 heavy (non-hydrogen) atoms. The van der Waals surface area contributed by atoms with Crippen LogP contribution in [0.5, 0.6) is 0 Å². The van der Waals surface area contributed by atoms with Gasteiger partial charge in [-0.05, 0) is 48.5 Å². The van der Waals surface area contributed by atoms with Crippen LogP contribution in [0.25, 0.3) is 0 Å². The molecule has 3 aromatic rings. The lowest BCUT2D eigenvalue weighted by Gasteiger charge is -2.19. The number of carbonyl (C=O) groups excluding carboxylic acids is 4. The summed E-state index contributed by atoms with van der Waals surface area (Å²) in [6, 6.07) is 21.7. The maximum atomic E-state index is 12.9. The molecular formula is C28H20N4O5. The third kappa shape index (κ3) is 3.81. The molecule has 2 heterocycles. The van der Waals surface area contributed by atoms with Gasteiger partial charge in [0, 0.05) is 14.1 Å². The molecule has 9 heteroatoms. The van der Waals surface area contributed by atoms with Crippen LogP contribution >= 0.6 is 0 Å². The Morgan fingerprint density at radius 3 is 1.84 bits per heavy atom. The summed E-state index contributed by atoms with van der Waals surface area (Å²) >= 11 is 0. The number of amides is 2. The molecule has 0 radical (unpaired) electrons. The lowest BCUT2D eigenvalue weighted by Crippen LogP contribution is -2.29. The van der Waals surface area contributed by atoms with E-state index in [2.05, 4.69) is 0 Å². The summed E-state index contributed by atoms with van der Waals surface area (Å²) in [6.07, 6.45) is 0. The van der Waals surface area contributed by atoms with Crippen molar-refractivity contribution in [2.24, 2.45) is 0 Å². The Bertz CT molecular complexity index is 1490. The minimum atomic E-state index is -0.777. The third-order valence-electron chi connectivity index (χ3n) is 6.34. The molecular weight excluding hydrogens is 472 g/mol. The van der Waals surface area contributed by atoms with Crippen molar-refractivity contribution in [2.45, 2.75) is 0 Å². The van der Waals surface area contributed by atoms with Gasteiger partial charge < -0.3 is 14.5 Å². The largest absolute Gasteiger partial charge is 0.454 e. The minimum Gasteiger partial charge on any atom is -0.454 e. The van der Waals surface area contributed by atoms with E-state index in [4.69, 9.17) is 4.74 Å². The van der Waals surface area contributed by atoms with Gasteiger partial charge in [0.1, 0.15) is 17.5 Å². The van der Waals surface area contributed by atoms with Crippen LogP contribution in [0.3, 0.4) is 0 Å². The van der Waals surface area contributed by atoms with Crippen LogP contribution in [0.2, 0.25) is 0 Å². The Hall–Kier alpha value is -5.23. The van der Waals surface area contributed by atoms with Crippen molar-refractivity contribution >= 4 is 40.6 Å². The predicted octanol–water partition coefficient (Wildman–Crippen LogP) is 3.53. The number of Topliss-reactive ketones (excluding diaryl/α,β-unsaturated/α-hetero) is 1. The maximum absolute atomic E-state index is 12.9. The highest BCUT2D eigenvalue weighted by atomic mass is 16.5. The lowest BCUT2D eigenvalue weighted by atomic mass is 10.1. The Morgan fingerprint density at radius 2 is 1.32 bits per heavy atom. The average Bonchev–Trinajstić information content (AvgIpc) is 3.33. The van der Waals surface area contributed by atoms with E-state index in [0.717, 1.165) is 16.3 Å². The number of carbonyl (C=O) groups is 4. The van der Waals surface area contributed by atoms with Crippen molar-refractivity contribution in [3.05, 3.63) is 101 Å². The van der Waals surface area contributed by atoms with Gasteiger partial charge in [0.15, 0.2) is 6.61 Å². The fourth-order valence-electron chi connectivity index (χ4n) is 4.51. The molecule has 2 amide bonds. The normalized spacial score (nSPS) is 13.9. The number of benzene rings is 3. The first kappa shape index (κ1) is 23.5. The number of ketones is 1. The highest BCUT2D eigenvalue weighted by Crippen LogP contribution is 2.40. The van der Waals surface area contributed by atoms with E-state index in [-0.39, 0.29) is 11.1 Å². The SMILES string of the molecule is CN1C(=C(C#N)C(=O)COC(=O)c2ccc(N3C(=O)c4ccccc4C3=O)cc2)N(C)c2ccccc21. The van der Waals surface area contributed by atoms with Gasteiger partial charge in [-0.15, -0.1) is 0 Å². The second kappa shape index (κ2) is 9.09. The molecule has 0 fully saturated rings. The van der Waals surface area contributed by atoms with E-state index >= 15 is 0 Å². The number of anilines is 3. The van der Waals surface area contributed by atoms with Crippen LogP contribution in [-0.2, 0) is 9.53 Å². The first-order valence-corrected chi connectivity index (χ1v) is 11.3. The third-order valence-corrected chi connectivity index (χ3v) is 6.34. The topological polar surface area (TPSA) is 111 Å². The van der Waals surface area contributed by atoms with Gasteiger partial charge in [-0.2, -0.15) is 5.26 Å². The van der Waals surface area contributed by atoms with Gasteiger partial charge in [-0.3, -0.25) is 14.4 Å². The van der Waals surface area contributed by atoms with Gasteiger partial charge in [0.05, 0.1) is 33.8 Å².